The van der Waals surface area contributed by atoms with Crippen LogP contribution in [-0.4, -0.2) is 37.1 Å². The number of carbonyl (C=O) groups is 1. The minimum Gasteiger partial charge on any atom is -0.383 e. The molecule has 0 aromatic heterocycles. The van der Waals surface area contributed by atoms with Gasteiger partial charge in [-0.05, 0) is 36.0 Å². The highest BCUT2D eigenvalue weighted by atomic mass is 16.5. The van der Waals surface area contributed by atoms with Crippen molar-refractivity contribution >= 4 is 5.91 Å². The van der Waals surface area contributed by atoms with Crippen LogP contribution < -0.4 is 0 Å². The highest BCUT2D eigenvalue weighted by molar-refractivity contribution is 5.94. The fourth-order valence-corrected chi connectivity index (χ4v) is 2.75. The van der Waals surface area contributed by atoms with Crippen LogP contribution in [0.3, 0.4) is 0 Å². The molecular weight excluding hydrogens is 250 g/mol. The molecule has 3 heteroatoms. The fourth-order valence-electron chi connectivity index (χ4n) is 2.75. The molecule has 0 saturated carbocycles. The Kier molecular flexibility index (Phi) is 4.48. The predicted octanol–water partition coefficient (Wildman–Crippen LogP) is 3.24. The van der Waals surface area contributed by atoms with Crippen LogP contribution >= 0.6 is 0 Å². The first kappa shape index (κ1) is 15.0. The number of benzene rings is 1. The van der Waals surface area contributed by atoms with Crippen molar-refractivity contribution in [2.45, 2.75) is 45.1 Å². The van der Waals surface area contributed by atoms with Gasteiger partial charge >= 0.3 is 0 Å². The van der Waals surface area contributed by atoms with Crippen LogP contribution in [0.25, 0.3) is 0 Å². The van der Waals surface area contributed by atoms with Crippen molar-refractivity contribution in [3.8, 4) is 0 Å². The average Bonchev–Trinajstić information content (AvgIpc) is 2.86. The molecule has 0 spiro atoms. The van der Waals surface area contributed by atoms with Gasteiger partial charge in [-0.2, -0.15) is 0 Å². The van der Waals surface area contributed by atoms with Crippen molar-refractivity contribution in [1.82, 2.24) is 4.90 Å². The SMILES string of the molecule is COC[C@@H]1CCCN1C(=O)c1ccc(C(C)(C)C)cc1. The second-order valence-corrected chi connectivity index (χ2v) is 6.58. The van der Waals surface area contributed by atoms with Crippen molar-refractivity contribution in [3.63, 3.8) is 0 Å². The Hall–Kier alpha value is -1.35. The van der Waals surface area contributed by atoms with E-state index in [4.69, 9.17) is 4.74 Å². The molecule has 1 aliphatic rings. The molecule has 1 amide bonds. The highest BCUT2D eigenvalue weighted by Gasteiger charge is 2.29. The molecular formula is C17H25NO2. The Balaban J connectivity index is 2.13. The number of hydrogen-bond donors (Lipinski definition) is 0. The number of methoxy groups -OCH3 is 1. The molecule has 1 atom stereocenters. The van der Waals surface area contributed by atoms with Gasteiger partial charge < -0.3 is 9.64 Å². The number of carbonyl (C=O) groups excluding carboxylic acids is 1. The molecule has 1 aromatic rings. The summed E-state index contributed by atoms with van der Waals surface area (Å²) in [4.78, 5) is 14.5. The molecule has 0 N–H and O–H groups in total. The lowest BCUT2D eigenvalue weighted by Crippen LogP contribution is -2.38. The van der Waals surface area contributed by atoms with E-state index in [9.17, 15) is 4.79 Å². The molecule has 20 heavy (non-hydrogen) atoms. The van der Waals surface area contributed by atoms with Gasteiger partial charge in [0.2, 0.25) is 0 Å². The van der Waals surface area contributed by atoms with Gasteiger partial charge in [-0.15, -0.1) is 0 Å². The normalized spacial score (nSPS) is 19.4. The van der Waals surface area contributed by atoms with E-state index in [0.717, 1.165) is 24.9 Å². The Morgan fingerprint density at radius 2 is 1.95 bits per heavy atom. The van der Waals surface area contributed by atoms with Crippen molar-refractivity contribution < 1.29 is 9.53 Å². The lowest BCUT2D eigenvalue weighted by Gasteiger charge is -2.25. The Labute approximate surface area is 121 Å². The monoisotopic (exact) mass is 275 g/mol. The second kappa shape index (κ2) is 5.96. The summed E-state index contributed by atoms with van der Waals surface area (Å²) in [7, 11) is 1.69. The third-order valence-electron chi connectivity index (χ3n) is 3.99. The zero-order valence-electron chi connectivity index (χ0n) is 13.0. The van der Waals surface area contributed by atoms with E-state index >= 15 is 0 Å². The molecule has 0 radical (unpaired) electrons. The molecule has 0 bridgehead atoms. The molecule has 1 aliphatic heterocycles. The lowest BCUT2D eigenvalue weighted by atomic mass is 9.86. The third kappa shape index (κ3) is 3.21. The molecule has 2 rings (SSSR count). The smallest absolute Gasteiger partial charge is 0.254 e. The maximum atomic E-state index is 12.6. The molecule has 0 aliphatic carbocycles. The summed E-state index contributed by atoms with van der Waals surface area (Å²) in [5, 5.41) is 0. The molecule has 1 saturated heterocycles. The van der Waals surface area contributed by atoms with Crippen molar-refractivity contribution in [3.05, 3.63) is 35.4 Å². The van der Waals surface area contributed by atoms with Gasteiger partial charge in [0.25, 0.3) is 5.91 Å². The summed E-state index contributed by atoms with van der Waals surface area (Å²) >= 11 is 0. The Morgan fingerprint density at radius 3 is 2.50 bits per heavy atom. The van der Waals surface area contributed by atoms with Gasteiger partial charge in [0.15, 0.2) is 0 Å². The summed E-state index contributed by atoms with van der Waals surface area (Å²) in [6.45, 7) is 8.01. The minimum atomic E-state index is 0.119. The van der Waals surface area contributed by atoms with E-state index in [1.165, 1.54) is 5.56 Å². The Bertz CT molecular complexity index is 459. The molecule has 1 aromatic carbocycles. The van der Waals surface area contributed by atoms with Crippen LogP contribution in [0, 0.1) is 0 Å². The number of nitrogens with zero attached hydrogens (tertiary/aromatic N) is 1. The summed E-state index contributed by atoms with van der Waals surface area (Å²) in [5.74, 6) is 0.130. The molecule has 0 unspecified atom stereocenters. The first-order chi connectivity index (χ1) is 9.43. The zero-order chi connectivity index (χ0) is 14.8. The van der Waals surface area contributed by atoms with E-state index in [-0.39, 0.29) is 17.4 Å². The van der Waals surface area contributed by atoms with Crippen molar-refractivity contribution in [2.24, 2.45) is 0 Å². The van der Waals surface area contributed by atoms with Crippen LogP contribution in [-0.2, 0) is 10.2 Å². The Morgan fingerprint density at radius 1 is 1.30 bits per heavy atom. The van der Waals surface area contributed by atoms with Crippen LogP contribution in [0.1, 0.15) is 49.5 Å². The van der Waals surface area contributed by atoms with Gasteiger partial charge in [-0.25, -0.2) is 0 Å². The lowest BCUT2D eigenvalue weighted by molar-refractivity contribution is 0.0630. The number of hydrogen-bond acceptors (Lipinski definition) is 2. The van der Waals surface area contributed by atoms with E-state index < -0.39 is 0 Å². The number of likely N-dealkylation sites (tertiary alicyclic amines) is 1. The van der Waals surface area contributed by atoms with Crippen molar-refractivity contribution in [2.75, 3.05) is 20.3 Å². The maximum Gasteiger partial charge on any atom is 0.254 e. The zero-order valence-corrected chi connectivity index (χ0v) is 13.0. The standard InChI is InChI=1S/C17H25NO2/c1-17(2,3)14-9-7-13(8-10-14)16(19)18-11-5-6-15(18)12-20-4/h7-10,15H,5-6,11-12H2,1-4H3/t15-/m0/s1. The number of ether oxygens (including phenoxy) is 1. The van der Waals surface area contributed by atoms with Crippen LogP contribution in [0.15, 0.2) is 24.3 Å². The van der Waals surface area contributed by atoms with E-state index in [0.29, 0.717) is 6.61 Å². The van der Waals surface area contributed by atoms with Gasteiger partial charge in [-0.1, -0.05) is 32.9 Å². The van der Waals surface area contributed by atoms with Crippen molar-refractivity contribution in [1.29, 1.82) is 0 Å². The number of rotatable bonds is 3. The third-order valence-corrected chi connectivity index (χ3v) is 3.99. The first-order valence-corrected chi connectivity index (χ1v) is 7.34. The summed E-state index contributed by atoms with van der Waals surface area (Å²) in [6, 6.07) is 8.26. The van der Waals surface area contributed by atoms with Gasteiger partial charge in [0.05, 0.1) is 12.6 Å². The predicted molar refractivity (Wildman–Crippen MR) is 81.1 cm³/mol. The first-order valence-electron chi connectivity index (χ1n) is 7.34. The summed E-state index contributed by atoms with van der Waals surface area (Å²) < 4.78 is 5.21. The summed E-state index contributed by atoms with van der Waals surface area (Å²) in [6.07, 6.45) is 2.11. The molecule has 110 valence electrons. The van der Waals surface area contributed by atoms with Crippen LogP contribution in [0.2, 0.25) is 0 Å². The van der Waals surface area contributed by atoms with Gasteiger partial charge in [-0.3, -0.25) is 4.79 Å². The highest BCUT2D eigenvalue weighted by Crippen LogP contribution is 2.24. The minimum absolute atomic E-state index is 0.119. The number of amides is 1. The molecule has 1 heterocycles. The van der Waals surface area contributed by atoms with Gasteiger partial charge in [0.1, 0.15) is 0 Å². The van der Waals surface area contributed by atoms with E-state index in [1.807, 2.05) is 17.0 Å². The topological polar surface area (TPSA) is 29.5 Å². The van der Waals surface area contributed by atoms with Crippen LogP contribution in [0.5, 0.6) is 0 Å². The quantitative estimate of drug-likeness (QED) is 0.847. The fraction of sp³-hybridized carbons (Fsp3) is 0.588. The maximum absolute atomic E-state index is 12.6. The average molecular weight is 275 g/mol. The van der Waals surface area contributed by atoms with Gasteiger partial charge in [0, 0.05) is 19.2 Å². The largest absolute Gasteiger partial charge is 0.383 e. The van der Waals surface area contributed by atoms with E-state index in [2.05, 4.69) is 32.9 Å². The summed E-state index contributed by atoms with van der Waals surface area (Å²) in [5.41, 5.74) is 2.15. The molecule has 1 fully saturated rings. The van der Waals surface area contributed by atoms with Crippen LogP contribution in [0.4, 0.5) is 0 Å². The molecule has 3 nitrogen and oxygen atoms in total. The second-order valence-electron chi connectivity index (χ2n) is 6.58. The van der Waals surface area contributed by atoms with E-state index in [1.54, 1.807) is 7.11 Å².